The predicted molar refractivity (Wildman–Crippen MR) is 107 cm³/mol. The maximum atomic E-state index is 11.0. The molecule has 3 aromatic rings. The minimum atomic E-state index is -0.834. The molecule has 0 aliphatic carbocycles. The number of benzene rings is 1. The molecular formula is C20H19N3O5S. The third kappa shape index (κ3) is 3.64. The number of carboxylic acids is 1. The van der Waals surface area contributed by atoms with Crippen molar-refractivity contribution in [2.45, 2.75) is 24.7 Å². The van der Waals surface area contributed by atoms with Crippen molar-refractivity contribution >= 4 is 39.0 Å². The zero-order chi connectivity index (χ0) is 19.8. The molecule has 2 fully saturated rings. The van der Waals surface area contributed by atoms with E-state index in [9.17, 15) is 4.79 Å². The molecule has 4 atom stereocenters. The summed E-state index contributed by atoms with van der Waals surface area (Å²) in [4.78, 5) is 19.6. The number of ether oxygens (including phenoxy) is 3. The molecule has 2 aliphatic rings. The molecule has 0 saturated carbocycles. The number of fused-ring (bicyclic) bond motifs is 2. The van der Waals surface area contributed by atoms with E-state index in [-0.39, 0.29) is 30.7 Å². The second-order valence-corrected chi connectivity index (χ2v) is 8.03. The lowest BCUT2D eigenvalue weighted by Crippen LogP contribution is -2.33. The van der Waals surface area contributed by atoms with Crippen molar-refractivity contribution in [2.75, 3.05) is 18.5 Å². The van der Waals surface area contributed by atoms with E-state index in [4.69, 9.17) is 19.3 Å². The van der Waals surface area contributed by atoms with Gasteiger partial charge < -0.3 is 24.6 Å². The molecule has 1 aromatic carbocycles. The van der Waals surface area contributed by atoms with Gasteiger partial charge in [-0.05, 0) is 35.7 Å². The van der Waals surface area contributed by atoms with E-state index in [0.29, 0.717) is 19.0 Å². The van der Waals surface area contributed by atoms with Crippen LogP contribution in [0, 0.1) is 5.92 Å². The topological polar surface area (TPSA) is 103 Å². The van der Waals surface area contributed by atoms with Crippen molar-refractivity contribution in [2.24, 2.45) is 5.92 Å². The summed E-state index contributed by atoms with van der Waals surface area (Å²) in [5.41, 5.74) is 1.81. The van der Waals surface area contributed by atoms with E-state index in [0.717, 1.165) is 21.7 Å². The summed E-state index contributed by atoms with van der Waals surface area (Å²) in [6, 6.07) is 9.57. The SMILES string of the molecule is O=C(O)C[C@H]1CO[C@@H]2[C@@H]1OC[C@@H]2Oc1ccc(Nc2ncnc3ccsc23)cc1. The number of rotatable bonds is 6. The Labute approximate surface area is 170 Å². The van der Waals surface area contributed by atoms with E-state index >= 15 is 0 Å². The molecule has 2 aromatic heterocycles. The molecule has 9 heteroatoms. The predicted octanol–water partition coefficient (Wildman–Crippen LogP) is 3.07. The maximum absolute atomic E-state index is 11.0. The number of anilines is 2. The largest absolute Gasteiger partial charge is 0.485 e. The molecule has 4 heterocycles. The minimum Gasteiger partial charge on any atom is -0.485 e. The van der Waals surface area contributed by atoms with Gasteiger partial charge in [-0.15, -0.1) is 11.3 Å². The van der Waals surface area contributed by atoms with Crippen LogP contribution in [0.15, 0.2) is 42.0 Å². The van der Waals surface area contributed by atoms with Crippen molar-refractivity contribution < 1.29 is 24.1 Å². The Morgan fingerprint density at radius 3 is 2.83 bits per heavy atom. The number of nitrogens with zero attached hydrogens (tertiary/aromatic N) is 2. The quantitative estimate of drug-likeness (QED) is 0.636. The Hall–Kier alpha value is -2.75. The summed E-state index contributed by atoms with van der Waals surface area (Å²) in [5.74, 6) is 0.520. The van der Waals surface area contributed by atoms with Gasteiger partial charge in [0.1, 0.15) is 18.2 Å². The molecule has 8 nitrogen and oxygen atoms in total. The number of aliphatic carboxylic acids is 1. The van der Waals surface area contributed by atoms with E-state index in [1.165, 1.54) is 0 Å². The molecular weight excluding hydrogens is 394 g/mol. The van der Waals surface area contributed by atoms with Gasteiger partial charge in [0, 0.05) is 11.6 Å². The van der Waals surface area contributed by atoms with Crippen molar-refractivity contribution in [1.29, 1.82) is 0 Å². The van der Waals surface area contributed by atoms with E-state index in [1.54, 1.807) is 17.7 Å². The Morgan fingerprint density at radius 1 is 1.17 bits per heavy atom. The van der Waals surface area contributed by atoms with Gasteiger partial charge in [0.05, 0.1) is 36.0 Å². The molecule has 0 unspecified atom stereocenters. The first-order valence-electron chi connectivity index (χ1n) is 9.34. The Balaban J connectivity index is 1.23. The van der Waals surface area contributed by atoms with Crippen LogP contribution in [0.2, 0.25) is 0 Å². The zero-order valence-electron chi connectivity index (χ0n) is 15.4. The number of carbonyl (C=O) groups is 1. The highest BCUT2D eigenvalue weighted by Crippen LogP contribution is 2.35. The van der Waals surface area contributed by atoms with Crippen molar-refractivity contribution in [1.82, 2.24) is 9.97 Å². The van der Waals surface area contributed by atoms with Gasteiger partial charge in [0.2, 0.25) is 0 Å². The molecule has 2 aliphatic heterocycles. The number of thiophene rings is 1. The molecule has 29 heavy (non-hydrogen) atoms. The van der Waals surface area contributed by atoms with E-state index in [1.807, 2.05) is 35.7 Å². The fourth-order valence-electron chi connectivity index (χ4n) is 3.85. The van der Waals surface area contributed by atoms with Crippen molar-refractivity contribution in [3.05, 3.63) is 42.0 Å². The second-order valence-electron chi connectivity index (χ2n) is 7.12. The third-order valence-electron chi connectivity index (χ3n) is 5.20. The number of carboxylic acid groups (broad SMARTS) is 1. The van der Waals surface area contributed by atoms with Crippen LogP contribution in [0.1, 0.15) is 6.42 Å². The lowest BCUT2D eigenvalue weighted by Gasteiger charge is -2.18. The molecule has 5 rings (SSSR count). The molecule has 2 N–H and O–H groups in total. The third-order valence-corrected chi connectivity index (χ3v) is 6.11. The first kappa shape index (κ1) is 18.3. The number of hydrogen-bond acceptors (Lipinski definition) is 8. The summed E-state index contributed by atoms with van der Waals surface area (Å²) < 4.78 is 18.6. The maximum Gasteiger partial charge on any atom is 0.303 e. The monoisotopic (exact) mass is 413 g/mol. The van der Waals surface area contributed by atoms with Gasteiger partial charge in [0.25, 0.3) is 0 Å². The van der Waals surface area contributed by atoms with Crippen LogP contribution in [0.4, 0.5) is 11.5 Å². The minimum absolute atomic E-state index is 0.0504. The highest BCUT2D eigenvalue weighted by atomic mass is 32.1. The van der Waals surface area contributed by atoms with Crippen LogP contribution in [0.3, 0.4) is 0 Å². The normalized spacial score (nSPS) is 25.8. The van der Waals surface area contributed by atoms with E-state index < -0.39 is 5.97 Å². The van der Waals surface area contributed by atoms with Crippen LogP contribution in [0.25, 0.3) is 10.2 Å². The molecule has 150 valence electrons. The first-order valence-corrected chi connectivity index (χ1v) is 10.2. The van der Waals surface area contributed by atoms with Crippen molar-refractivity contribution in [3.63, 3.8) is 0 Å². The fraction of sp³-hybridized carbons (Fsp3) is 0.350. The van der Waals surface area contributed by atoms with Crippen LogP contribution in [-0.4, -0.2) is 52.6 Å². The van der Waals surface area contributed by atoms with Gasteiger partial charge in [-0.1, -0.05) is 0 Å². The van der Waals surface area contributed by atoms with Crippen molar-refractivity contribution in [3.8, 4) is 5.75 Å². The highest BCUT2D eigenvalue weighted by Gasteiger charge is 2.49. The van der Waals surface area contributed by atoms with Crippen LogP contribution in [-0.2, 0) is 14.3 Å². The van der Waals surface area contributed by atoms with Gasteiger partial charge in [-0.2, -0.15) is 0 Å². The smallest absolute Gasteiger partial charge is 0.303 e. The van der Waals surface area contributed by atoms with Crippen LogP contribution >= 0.6 is 11.3 Å². The summed E-state index contributed by atoms with van der Waals surface area (Å²) in [7, 11) is 0. The van der Waals surface area contributed by atoms with Gasteiger partial charge in [-0.25, -0.2) is 9.97 Å². The first-order chi connectivity index (χ1) is 14.2. The number of hydrogen-bond donors (Lipinski definition) is 2. The van der Waals surface area contributed by atoms with Crippen LogP contribution < -0.4 is 10.1 Å². The summed E-state index contributed by atoms with van der Waals surface area (Å²) in [6.45, 7) is 0.781. The molecule has 0 radical (unpaired) electrons. The fourth-order valence-corrected chi connectivity index (χ4v) is 4.64. The van der Waals surface area contributed by atoms with Gasteiger partial charge >= 0.3 is 5.97 Å². The molecule has 0 spiro atoms. The van der Waals surface area contributed by atoms with Gasteiger partial charge in [0.15, 0.2) is 11.9 Å². The summed E-state index contributed by atoms with van der Waals surface area (Å²) in [5, 5.41) is 14.3. The molecule has 0 bridgehead atoms. The van der Waals surface area contributed by atoms with Gasteiger partial charge in [-0.3, -0.25) is 4.79 Å². The Bertz CT molecular complexity index is 1020. The number of nitrogens with one attached hydrogen (secondary N) is 1. The number of aromatic nitrogens is 2. The molecule has 2 saturated heterocycles. The lowest BCUT2D eigenvalue weighted by molar-refractivity contribution is -0.138. The average molecular weight is 413 g/mol. The Kier molecular flexibility index (Phi) is 4.78. The van der Waals surface area contributed by atoms with Crippen LogP contribution in [0.5, 0.6) is 5.75 Å². The standard InChI is InChI=1S/C20H19N3O5S/c24-16(25)7-11-8-26-18-15(9-27-17(11)18)28-13-3-1-12(2-4-13)23-20-19-14(5-6-29-19)21-10-22-20/h1-6,10-11,15,17-18H,7-9H2,(H,24,25)(H,21,22,23)/t11-,15-,17+,18-/m0/s1. The summed E-state index contributed by atoms with van der Waals surface area (Å²) >= 11 is 1.59. The second kappa shape index (κ2) is 7.58. The lowest BCUT2D eigenvalue weighted by atomic mass is 9.98. The average Bonchev–Trinajstić information content (AvgIpc) is 3.42. The summed E-state index contributed by atoms with van der Waals surface area (Å²) in [6.07, 6.45) is 0.901. The molecule has 0 amide bonds. The Morgan fingerprint density at radius 2 is 2.00 bits per heavy atom. The zero-order valence-corrected chi connectivity index (χ0v) is 16.2. The highest BCUT2D eigenvalue weighted by molar-refractivity contribution is 7.17. The van der Waals surface area contributed by atoms with E-state index in [2.05, 4.69) is 15.3 Å².